The summed E-state index contributed by atoms with van der Waals surface area (Å²) >= 11 is 8.61. The van der Waals surface area contributed by atoms with Crippen molar-refractivity contribution in [1.29, 1.82) is 0 Å². The Morgan fingerprint density at radius 2 is 2.00 bits per heavy atom. The minimum Gasteiger partial charge on any atom is -0.497 e. The van der Waals surface area contributed by atoms with Gasteiger partial charge in [-0.2, -0.15) is 0 Å². The Labute approximate surface area is 95.1 Å². The molecule has 0 saturated heterocycles. The summed E-state index contributed by atoms with van der Waals surface area (Å²) in [5.74, 6) is 1.03. The first-order valence-corrected chi connectivity index (χ1v) is 4.88. The SMILES string of the molecule is COc1cc(OC)c(Br)c(C(=O)Cl)c1. The van der Waals surface area contributed by atoms with Gasteiger partial charge in [0.15, 0.2) is 0 Å². The Hall–Kier alpha value is -0.740. The average Bonchev–Trinajstić information content (AvgIpc) is 2.17. The Kier molecular flexibility index (Phi) is 3.77. The first-order chi connectivity index (χ1) is 6.60. The van der Waals surface area contributed by atoms with E-state index in [2.05, 4.69) is 15.9 Å². The maximum absolute atomic E-state index is 11.0. The van der Waals surface area contributed by atoms with E-state index in [-0.39, 0.29) is 0 Å². The molecule has 0 saturated carbocycles. The van der Waals surface area contributed by atoms with Gasteiger partial charge in [0, 0.05) is 6.07 Å². The lowest BCUT2D eigenvalue weighted by molar-refractivity contribution is 0.108. The van der Waals surface area contributed by atoms with Gasteiger partial charge in [0.05, 0.1) is 24.3 Å². The number of carbonyl (C=O) groups is 1. The predicted octanol–water partition coefficient (Wildman–Crippen LogP) is 2.85. The molecule has 0 N–H and O–H groups in total. The molecule has 0 aromatic heterocycles. The number of ether oxygens (including phenoxy) is 2. The molecule has 3 nitrogen and oxygen atoms in total. The van der Waals surface area contributed by atoms with E-state index in [9.17, 15) is 4.79 Å². The van der Waals surface area contributed by atoms with E-state index in [0.29, 0.717) is 21.5 Å². The van der Waals surface area contributed by atoms with Crippen molar-refractivity contribution in [2.75, 3.05) is 14.2 Å². The molecule has 0 fully saturated rings. The zero-order valence-electron chi connectivity index (χ0n) is 7.64. The largest absolute Gasteiger partial charge is 0.497 e. The third kappa shape index (κ3) is 2.19. The van der Waals surface area contributed by atoms with Gasteiger partial charge in [-0.3, -0.25) is 4.79 Å². The summed E-state index contributed by atoms with van der Waals surface area (Å²) in [4.78, 5) is 11.0. The van der Waals surface area contributed by atoms with Crippen molar-refractivity contribution in [3.8, 4) is 11.5 Å². The standard InChI is InChI=1S/C9H8BrClO3/c1-13-5-3-6(9(11)12)8(10)7(4-5)14-2/h3-4H,1-2H3. The minimum absolute atomic E-state index is 0.322. The van der Waals surface area contributed by atoms with Crippen LogP contribution in [0.25, 0.3) is 0 Å². The molecule has 0 atom stereocenters. The summed E-state index contributed by atoms with van der Waals surface area (Å²) in [6.07, 6.45) is 0. The minimum atomic E-state index is -0.561. The van der Waals surface area contributed by atoms with Gasteiger partial charge in [-0.05, 0) is 33.6 Å². The molecule has 0 unspecified atom stereocenters. The highest BCUT2D eigenvalue weighted by molar-refractivity contribution is 9.10. The number of methoxy groups -OCH3 is 2. The van der Waals surface area contributed by atoms with Crippen molar-refractivity contribution < 1.29 is 14.3 Å². The van der Waals surface area contributed by atoms with Crippen molar-refractivity contribution in [1.82, 2.24) is 0 Å². The summed E-state index contributed by atoms with van der Waals surface area (Å²) in [5, 5.41) is -0.561. The quantitative estimate of drug-likeness (QED) is 0.798. The van der Waals surface area contributed by atoms with E-state index in [1.165, 1.54) is 14.2 Å². The van der Waals surface area contributed by atoms with Gasteiger partial charge < -0.3 is 9.47 Å². The van der Waals surface area contributed by atoms with Crippen LogP contribution in [-0.2, 0) is 0 Å². The molecule has 0 spiro atoms. The van der Waals surface area contributed by atoms with Gasteiger partial charge in [0.25, 0.3) is 5.24 Å². The van der Waals surface area contributed by atoms with E-state index in [1.807, 2.05) is 0 Å². The second kappa shape index (κ2) is 4.66. The van der Waals surface area contributed by atoms with Crippen molar-refractivity contribution in [3.05, 3.63) is 22.2 Å². The molecule has 14 heavy (non-hydrogen) atoms. The maximum atomic E-state index is 11.0. The molecule has 0 radical (unpaired) electrons. The molecule has 0 aliphatic heterocycles. The van der Waals surface area contributed by atoms with Crippen LogP contribution in [-0.4, -0.2) is 19.5 Å². The zero-order chi connectivity index (χ0) is 10.7. The van der Waals surface area contributed by atoms with Crippen LogP contribution in [0.5, 0.6) is 11.5 Å². The first kappa shape index (κ1) is 11.3. The highest BCUT2D eigenvalue weighted by Crippen LogP contribution is 2.34. The van der Waals surface area contributed by atoms with Gasteiger partial charge in [-0.15, -0.1) is 0 Å². The smallest absolute Gasteiger partial charge is 0.253 e. The molecular formula is C9H8BrClO3. The topological polar surface area (TPSA) is 35.5 Å². The van der Waals surface area contributed by atoms with Crippen molar-refractivity contribution in [2.45, 2.75) is 0 Å². The lowest BCUT2D eigenvalue weighted by Crippen LogP contribution is -1.96. The monoisotopic (exact) mass is 278 g/mol. The summed E-state index contributed by atoms with van der Waals surface area (Å²) in [6, 6.07) is 3.20. The molecule has 0 amide bonds. The Balaban J connectivity index is 3.34. The van der Waals surface area contributed by atoms with Crippen LogP contribution in [0.1, 0.15) is 10.4 Å². The van der Waals surface area contributed by atoms with Crippen molar-refractivity contribution in [3.63, 3.8) is 0 Å². The van der Waals surface area contributed by atoms with Crippen LogP contribution in [0, 0.1) is 0 Å². The van der Waals surface area contributed by atoms with Gasteiger partial charge >= 0.3 is 0 Å². The van der Waals surface area contributed by atoms with Crippen LogP contribution in [0.2, 0.25) is 0 Å². The number of hydrogen-bond acceptors (Lipinski definition) is 3. The van der Waals surface area contributed by atoms with Gasteiger partial charge in [0.2, 0.25) is 0 Å². The molecule has 0 bridgehead atoms. The summed E-state index contributed by atoms with van der Waals surface area (Å²) < 4.78 is 10.6. The van der Waals surface area contributed by atoms with E-state index in [0.717, 1.165) is 0 Å². The van der Waals surface area contributed by atoms with Crippen molar-refractivity contribution >= 4 is 32.8 Å². The third-order valence-electron chi connectivity index (χ3n) is 1.68. The van der Waals surface area contributed by atoms with Gasteiger partial charge in [0.1, 0.15) is 11.5 Å². The number of benzene rings is 1. The lowest BCUT2D eigenvalue weighted by atomic mass is 10.2. The van der Waals surface area contributed by atoms with Gasteiger partial charge in [-0.25, -0.2) is 0 Å². The fourth-order valence-electron chi connectivity index (χ4n) is 0.982. The second-order valence-electron chi connectivity index (χ2n) is 2.46. The zero-order valence-corrected chi connectivity index (χ0v) is 9.98. The number of hydrogen-bond donors (Lipinski definition) is 0. The van der Waals surface area contributed by atoms with Crippen LogP contribution < -0.4 is 9.47 Å². The molecule has 0 heterocycles. The number of rotatable bonds is 3. The molecule has 1 rings (SSSR count). The molecule has 1 aromatic rings. The van der Waals surface area contributed by atoms with Gasteiger partial charge in [-0.1, -0.05) is 0 Å². The van der Waals surface area contributed by atoms with E-state index >= 15 is 0 Å². The highest BCUT2D eigenvalue weighted by Gasteiger charge is 2.14. The highest BCUT2D eigenvalue weighted by atomic mass is 79.9. The number of halogens is 2. The van der Waals surface area contributed by atoms with Crippen LogP contribution in [0.15, 0.2) is 16.6 Å². The normalized spacial score (nSPS) is 9.71. The predicted molar refractivity (Wildman–Crippen MR) is 57.4 cm³/mol. The van der Waals surface area contributed by atoms with Crippen molar-refractivity contribution in [2.24, 2.45) is 0 Å². The first-order valence-electron chi connectivity index (χ1n) is 3.71. The van der Waals surface area contributed by atoms with E-state index < -0.39 is 5.24 Å². The molecule has 0 aliphatic carbocycles. The Morgan fingerprint density at radius 3 is 2.43 bits per heavy atom. The van der Waals surface area contributed by atoms with Crippen LogP contribution >= 0.6 is 27.5 Å². The second-order valence-corrected chi connectivity index (χ2v) is 3.60. The summed E-state index contributed by atoms with van der Waals surface area (Å²) in [7, 11) is 3.01. The average molecular weight is 280 g/mol. The summed E-state index contributed by atoms with van der Waals surface area (Å²) in [6.45, 7) is 0. The van der Waals surface area contributed by atoms with E-state index in [1.54, 1.807) is 12.1 Å². The third-order valence-corrected chi connectivity index (χ3v) is 2.70. The van der Waals surface area contributed by atoms with E-state index in [4.69, 9.17) is 21.1 Å². The maximum Gasteiger partial charge on any atom is 0.253 e. The molecular weight excluding hydrogens is 271 g/mol. The van der Waals surface area contributed by atoms with Crippen LogP contribution in [0.3, 0.4) is 0 Å². The molecule has 76 valence electrons. The fourth-order valence-corrected chi connectivity index (χ4v) is 1.82. The Morgan fingerprint density at radius 1 is 1.36 bits per heavy atom. The van der Waals surface area contributed by atoms with Crippen LogP contribution in [0.4, 0.5) is 0 Å². The Bertz CT molecular complexity index is 365. The molecule has 1 aromatic carbocycles. The molecule has 5 heteroatoms. The molecule has 0 aliphatic rings. The summed E-state index contributed by atoms with van der Waals surface area (Å²) in [5.41, 5.74) is 0.322. The fraction of sp³-hybridized carbons (Fsp3) is 0.222. The lowest BCUT2D eigenvalue weighted by Gasteiger charge is -2.08. The number of carbonyl (C=O) groups excluding carboxylic acids is 1.